The van der Waals surface area contributed by atoms with E-state index < -0.39 is 0 Å². The molecule has 2 aromatic rings. The maximum Gasteiger partial charge on any atom is 0.131 e. The molecule has 2 aromatic carbocycles. The van der Waals surface area contributed by atoms with Crippen molar-refractivity contribution in [1.82, 2.24) is 0 Å². The van der Waals surface area contributed by atoms with Crippen molar-refractivity contribution in [2.75, 3.05) is 0 Å². The first-order valence-corrected chi connectivity index (χ1v) is 5.36. The Balaban J connectivity index is 2.45. The average Bonchev–Trinajstić information content (AvgIpc) is 2.30. The molecule has 0 amide bonds. The molecule has 1 atom stereocenters. The van der Waals surface area contributed by atoms with Crippen LogP contribution in [0, 0.1) is 12.7 Å². The molecule has 1 heteroatoms. The van der Waals surface area contributed by atoms with Crippen LogP contribution in [0.4, 0.5) is 4.39 Å². The number of hydrogen-bond donors (Lipinski definition) is 0. The van der Waals surface area contributed by atoms with E-state index in [9.17, 15) is 4.39 Å². The summed E-state index contributed by atoms with van der Waals surface area (Å²) < 4.78 is 13.9. The molecule has 1 unspecified atom stereocenters. The van der Waals surface area contributed by atoms with Gasteiger partial charge in [-0.25, -0.2) is 4.39 Å². The smallest absolute Gasteiger partial charge is 0.131 e. The van der Waals surface area contributed by atoms with Crippen LogP contribution in [0.25, 0.3) is 11.1 Å². The highest BCUT2D eigenvalue weighted by Gasteiger charge is 2.07. The summed E-state index contributed by atoms with van der Waals surface area (Å²) in [7, 11) is 0. The molecule has 81 valence electrons. The monoisotopic (exact) mass is 213 g/mol. The second-order valence-electron chi connectivity index (χ2n) is 4.01. The summed E-state index contributed by atoms with van der Waals surface area (Å²) in [6, 6.07) is 14.9. The lowest BCUT2D eigenvalue weighted by molar-refractivity contribution is 0.628. The second-order valence-corrected chi connectivity index (χ2v) is 4.01. The summed E-state index contributed by atoms with van der Waals surface area (Å²) in [6.07, 6.45) is 0. The first-order chi connectivity index (χ1) is 7.68. The lowest BCUT2D eigenvalue weighted by Crippen LogP contribution is -1.91. The van der Waals surface area contributed by atoms with Crippen LogP contribution in [-0.4, -0.2) is 0 Å². The summed E-state index contributed by atoms with van der Waals surface area (Å²) >= 11 is 0. The maximum absolute atomic E-state index is 13.9. The van der Waals surface area contributed by atoms with Crippen molar-refractivity contribution in [3.63, 3.8) is 0 Å². The summed E-state index contributed by atoms with van der Waals surface area (Å²) in [5, 5.41) is 0. The second kappa shape index (κ2) is 4.48. The molecule has 0 bridgehead atoms. The Hall–Kier alpha value is -1.63. The minimum absolute atomic E-state index is 0.110. The van der Waals surface area contributed by atoms with E-state index in [2.05, 4.69) is 6.92 Å². The minimum atomic E-state index is -0.181. The molecule has 0 spiro atoms. The van der Waals surface area contributed by atoms with Crippen molar-refractivity contribution in [3.05, 3.63) is 66.8 Å². The van der Waals surface area contributed by atoms with Gasteiger partial charge in [-0.2, -0.15) is 0 Å². The van der Waals surface area contributed by atoms with Crippen molar-refractivity contribution in [2.45, 2.75) is 12.8 Å². The van der Waals surface area contributed by atoms with Gasteiger partial charge in [0.1, 0.15) is 5.82 Å². The number of hydrogen-bond acceptors (Lipinski definition) is 0. The Labute approximate surface area is 95.7 Å². The predicted molar refractivity (Wildman–Crippen MR) is 65.6 cm³/mol. The lowest BCUT2D eigenvalue weighted by Gasteiger charge is -2.08. The fraction of sp³-hybridized carbons (Fsp3) is 0.133. The van der Waals surface area contributed by atoms with Gasteiger partial charge in [0.05, 0.1) is 0 Å². The van der Waals surface area contributed by atoms with Gasteiger partial charge in [-0.3, -0.25) is 0 Å². The molecule has 0 nitrogen and oxygen atoms in total. The lowest BCUT2D eigenvalue weighted by atomic mass is 9.98. The van der Waals surface area contributed by atoms with Crippen LogP contribution in [0.15, 0.2) is 48.5 Å². The van der Waals surface area contributed by atoms with Crippen LogP contribution in [0.5, 0.6) is 0 Å². The van der Waals surface area contributed by atoms with Crippen molar-refractivity contribution in [1.29, 1.82) is 0 Å². The Kier molecular flexibility index (Phi) is 3.04. The highest BCUT2D eigenvalue weighted by molar-refractivity contribution is 5.64. The van der Waals surface area contributed by atoms with Crippen LogP contribution in [0.3, 0.4) is 0 Å². The van der Waals surface area contributed by atoms with E-state index in [1.807, 2.05) is 49.4 Å². The van der Waals surface area contributed by atoms with Gasteiger partial charge >= 0.3 is 0 Å². The summed E-state index contributed by atoms with van der Waals surface area (Å²) in [5.74, 6) is -0.0708. The number of halogens is 1. The maximum atomic E-state index is 13.9. The molecule has 0 saturated carbocycles. The molecule has 0 aliphatic carbocycles. The van der Waals surface area contributed by atoms with Crippen LogP contribution in [-0.2, 0) is 0 Å². The van der Waals surface area contributed by atoms with Gasteiger partial charge in [0.15, 0.2) is 0 Å². The summed E-state index contributed by atoms with van der Waals surface area (Å²) in [4.78, 5) is 0. The molecule has 0 aromatic heterocycles. The van der Waals surface area contributed by atoms with Crippen molar-refractivity contribution >= 4 is 0 Å². The first-order valence-electron chi connectivity index (χ1n) is 5.36. The quantitative estimate of drug-likeness (QED) is 0.692. The van der Waals surface area contributed by atoms with E-state index in [-0.39, 0.29) is 11.7 Å². The Morgan fingerprint density at radius 1 is 1.06 bits per heavy atom. The Morgan fingerprint density at radius 3 is 2.31 bits per heavy atom. The van der Waals surface area contributed by atoms with Crippen LogP contribution >= 0.6 is 0 Å². The highest BCUT2D eigenvalue weighted by atomic mass is 19.1. The van der Waals surface area contributed by atoms with Crippen molar-refractivity contribution < 1.29 is 4.39 Å². The molecule has 0 heterocycles. The molecule has 0 aliphatic heterocycles. The standard InChI is InChI=1S/C15H14F/c1-11(2)13-8-9-14(15(16)10-13)12-6-4-3-5-7-12/h3-11H,1H2,2H3. The van der Waals surface area contributed by atoms with Gasteiger partial charge in [0.25, 0.3) is 0 Å². The first kappa shape index (κ1) is 10.9. The Morgan fingerprint density at radius 2 is 1.75 bits per heavy atom. The highest BCUT2D eigenvalue weighted by Crippen LogP contribution is 2.25. The predicted octanol–water partition coefficient (Wildman–Crippen LogP) is 4.43. The number of rotatable bonds is 2. The average molecular weight is 213 g/mol. The zero-order valence-electron chi connectivity index (χ0n) is 9.28. The van der Waals surface area contributed by atoms with Gasteiger partial charge in [-0.15, -0.1) is 0 Å². The molecular formula is C15H14F. The third-order valence-electron chi connectivity index (χ3n) is 2.65. The molecule has 2 rings (SSSR count). The fourth-order valence-electron chi connectivity index (χ4n) is 1.69. The minimum Gasteiger partial charge on any atom is -0.206 e. The van der Waals surface area contributed by atoms with E-state index in [4.69, 9.17) is 0 Å². The van der Waals surface area contributed by atoms with Gasteiger partial charge in [-0.1, -0.05) is 49.4 Å². The third-order valence-corrected chi connectivity index (χ3v) is 2.65. The molecule has 1 radical (unpaired) electrons. The molecule has 0 fully saturated rings. The summed E-state index contributed by atoms with van der Waals surface area (Å²) in [5.41, 5.74) is 2.48. The Bertz CT molecular complexity index is 472. The van der Waals surface area contributed by atoms with Gasteiger partial charge < -0.3 is 0 Å². The van der Waals surface area contributed by atoms with E-state index >= 15 is 0 Å². The summed E-state index contributed by atoms with van der Waals surface area (Å²) in [6.45, 7) is 5.84. The molecule has 16 heavy (non-hydrogen) atoms. The third kappa shape index (κ3) is 2.13. The largest absolute Gasteiger partial charge is 0.206 e. The zero-order chi connectivity index (χ0) is 11.5. The zero-order valence-corrected chi connectivity index (χ0v) is 9.28. The van der Waals surface area contributed by atoms with Crippen LogP contribution in [0.2, 0.25) is 0 Å². The van der Waals surface area contributed by atoms with E-state index in [1.165, 1.54) is 0 Å². The van der Waals surface area contributed by atoms with Crippen LogP contribution in [0.1, 0.15) is 18.4 Å². The molecule has 0 saturated heterocycles. The molecular weight excluding hydrogens is 199 g/mol. The van der Waals surface area contributed by atoms with E-state index in [0.717, 1.165) is 11.1 Å². The fourth-order valence-corrected chi connectivity index (χ4v) is 1.69. The van der Waals surface area contributed by atoms with E-state index in [1.54, 1.807) is 6.07 Å². The topological polar surface area (TPSA) is 0 Å². The molecule has 0 aliphatic rings. The molecule has 0 N–H and O–H groups in total. The number of benzene rings is 2. The van der Waals surface area contributed by atoms with Gasteiger partial charge in [-0.05, 0) is 30.0 Å². The van der Waals surface area contributed by atoms with Gasteiger partial charge in [0, 0.05) is 5.56 Å². The van der Waals surface area contributed by atoms with Crippen molar-refractivity contribution in [3.8, 4) is 11.1 Å². The van der Waals surface area contributed by atoms with Crippen LogP contribution < -0.4 is 0 Å². The normalized spacial score (nSPS) is 10.8. The SMILES string of the molecule is [CH2]C(C)c1ccc(-c2ccccc2)c(F)c1. The van der Waals surface area contributed by atoms with E-state index in [0.29, 0.717) is 5.56 Å². The van der Waals surface area contributed by atoms with Gasteiger partial charge in [0.2, 0.25) is 0 Å². The van der Waals surface area contributed by atoms with Crippen molar-refractivity contribution in [2.24, 2.45) is 0 Å².